The SMILES string of the molecule is [C-]#[N+]c1cc2c(-c3ccccc3-c3ccc4c5ccccc5c5ccccc5c4c3)nc3ccccc3c2c2nc(-c3ccccc3)c(-c3ccccc3)nc12. The van der Waals surface area contributed by atoms with Crippen LogP contribution in [0.1, 0.15) is 0 Å². The maximum Gasteiger partial charge on any atom is 0.215 e. The number of benzene rings is 9. The van der Waals surface area contributed by atoms with Crippen molar-refractivity contribution in [3.63, 3.8) is 0 Å². The summed E-state index contributed by atoms with van der Waals surface area (Å²) in [6, 6.07) is 63.2. The van der Waals surface area contributed by atoms with Crippen LogP contribution in [0.5, 0.6) is 0 Å². The van der Waals surface area contributed by atoms with Gasteiger partial charge in [0.25, 0.3) is 0 Å². The monoisotopic (exact) mass is 710 g/mol. The van der Waals surface area contributed by atoms with Crippen LogP contribution in [0.15, 0.2) is 182 Å². The molecule has 2 heterocycles. The molecule has 11 aromatic rings. The topological polar surface area (TPSA) is 43.0 Å². The lowest BCUT2D eigenvalue weighted by atomic mass is 9.89. The van der Waals surface area contributed by atoms with Crippen LogP contribution in [0.4, 0.5) is 5.69 Å². The molecule has 4 nitrogen and oxygen atoms in total. The first-order chi connectivity index (χ1) is 27.7. The molecule has 0 bridgehead atoms. The minimum Gasteiger partial charge on any atom is -0.255 e. The molecule has 0 amide bonds. The Morgan fingerprint density at radius 1 is 0.339 bits per heavy atom. The lowest BCUT2D eigenvalue weighted by Crippen LogP contribution is -1.98. The first-order valence-corrected chi connectivity index (χ1v) is 18.7. The van der Waals surface area contributed by atoms with E-state index in [0.717, 1.165) is 66.6 Å². The molecule has 2 aromatic heterocycles. The molecule has 11 rings (SSSR count). The van der Waals surface area contributed by atoms with Crippen molar-refractivity contribution in [3.8, 4) is 44.9 Å². The molecular weight excluding hydrogens is 681 g/mol. The van der Waals surface area contributed by atoms with Gasteiger partial charge in [-0.2, -0.15) is 0 Å². The molecule has 0 saturated carbocycles. The molecule has 258 valence electrons. The van der Waals surface area contributed by atoms with Gasteiger partial charge in [-0.25, -0.2) is 14.8 Å². The van der Waals surface area contributed by atoms with Crippen molar-refractivity contribution in [3.05, 3.63) is 193 Å². The summed E-state index contributed by atoms with van der Waals surface area (Å²) in [7, 11) is 0. The highest BCUT2D eigenvalue weighted by Gasteiger charge is 2.22. The van der Waals surface area contributed by atoms with Gasteiger partial charge in [-0.1, -0.05) is 164 Å². The van der Waals surface area contributed by atoms with Gasteiger partial charge in [-0.15, -0.1) is 0 Å². The zero-order valence-electron chi connectivity index (χ0n) is 30.1. The Morgan fingerprint density at radius 2 is 0.839 bits per heavy atom. The molecule has 0 N–H and O–H groups in total. The van der Waals surface area contributed by atoms with Gasteiger partial charge < -0.3 is 0 Å². The maximum absolute atomic E-state index is 8.45. The molecule has 56 heavy (non-hydrogen) atoms. The molecule has 0 aliphatic rings. The zero-order valence-corrected chi connectivity index (χ0v) is 30.1. The van der Waals surface area contributed by atoms with Crippen molar-refractivity contribution in [1.82, 2.24) is 15.0 Å². The fraction of sp³-hybridized carbons (Fsp3) is 0. The molecule has 0 unspecified atom stereocenters. The van der Waals surface area contributed by atoms with E-state index in [1.54, 1.807) is 0 Å². The number of hydrogen-bond donors (Lipinski definition) is 0. The molecule has 9 aromatic carbocycles. The van der Waals surface area contributed by atoms with Crippen LogP contribution in [0.25, 0.3) is 115 Å². The lowest BCUT2D eigenvalue weighted by Gasteiger charge is -2.18. The lowest BCUT2D eigenvalue weighted by molar-refractivity contribution is 1.30. The van der Waals surface area contributed by atoms with E-state index in [0.29, 0.717) is 16.7 Å². The third-order valence-electron chi connectivity index (χ3n) is 11.0. The third-order valence-corrected chi connectivity index (χ3v) is 11.0. The Morgan fingerprint density at radius 3 is 1.46 bits per heavy atom. The third kappa shape index (κ3) is 4.89. The van der Waals surface area contributed by atoms with Gasteiger partial charge in [-0.05, 0) is 61.6 Å². The molecule has 0 spiro atoms. The smallest absolute Gasteiger partial charge is 0.215 e. The summed E-state index contributed by atoms with van der Waals surface area (Å²) in [5.41, 5.74) is 9.94. The van der Waals surface area contributed by atoms with E-state index in [4.69, 9.17) is 21.5 Å². The van der Waals surface area contributed by atoms with Crippen LogP contribution in [0, 0.1) is 6.57 Å². The number of rotatable bonds is 4. The molecule has 0 aliphatic heterocycles. The summed E-state index contributed by atoms with van der Waals surface area (Å²) in [6.07, 6.45) is 0. The van der Waals surface area contributed by atoms with E-state index in [1.165, 1.54) is 32.3 Å². The fourth-order valence-electron chi connectivity index (χ4n) is 8.52. The van der Waals surface area contributed by atoms with Crippen molar-refractivity contribution < 1.29 is 0 Å². The Bertz CT molecular complexity index is 3390. The van der Waals surface area contributed by atoms with Gasteiger partial charge in [0.2, 0.25) is 5.69 Å². The molecular formula is C52H30N4. The van der Waals surface area contributed by atoms with Gasteiger partial charge in [0.05, 0.1) is 40.2 Å². The minimum atomic E-state index is 0.441. The summed E-state index contributed by atoms with van der Waals surface area (Å²) < 4.78 is 0. The van der Waals surface area contributed by atoms with Crippen LogP contribution >= 0.6 is 0 Å². The van der Waals surface area contributed by atoms with E-state index in [9.17, 15) is 0 Å². The molecule has 0 saturated heterocycles. The van der Waals surface area contributed by atoms with Crippen molar-refractivity contribution >= 4 is 70.7 Å². The normalized spacial score (nSPS) is 11.6. The molecule has 0 atom stereocenters. The van der Waals surface area contributed by atoms with Crippen LogP contribution in [-0.2, 0) is 0 Å². The van der Waals surface area contributed by atoms with E-state index in [1.807, 2.05) is 66.7 Å². The van der Waals surface area contributed by atoms with Crippen LogP contribution in [0.2, 0.25) is 0 Å². The van der Waals surface area contributed by atoms with Gasteiger partial charge in [0.1, 0.15) is 0 Å². The summed E-state index contributed by atoms with van der Waals surface area (Å²) in [4.78, 5) is 20.3. The first-order valence-electron chi connectivity index (χ1n) is 18.7. The number of hydrogen-bond acceptors (Lipinski definition) is 3. The second-order valence-electron chi connectivity index (χ2n) is 14.2. The Balaban J connectivity index is 1.23. The number of aromatic nitrogens is 3. The molecule has 0 radical (unpaired) electrons. The summed E-state index contributed by atoms with van der Waals surface area (Å²) >= 11 is 0. The van der Waals surface area contributed by atoms with Crippen LogP contribution in [0.3, 0.4) is 0 Å². The number of pyridine rings is 1. The van der Waals surface area contributed by atoms with Gasteiger partial charge in [-0.3, -0.25) is 4.98 Å². The second-order valence-corrected chi connectivity index (χ2v) is 14.2. The fourth-order valence-corrected chi connectivity index (χ4v) is 8.52. The average Bonchev–Trinajstić information content (AvgIpc) is 3.28. The standard InChI is InChI=1S/C52H30N4/c1-53-46-31-44-47(52-51(46)55-48(32-16-4-2-5-17-32)49(56-52)33-18-6-3-7-19-33)42-26-14-15-27-45(42)54-50(44)41-25-13-8-20-35(41)34-28-29-40-38-23-10-9-21-36(38)37-22-11-12-24-39(37)43(40)30-34/h2-31H. The maximum atomic E-state index is 8.45. The minimum absolute atomic E-state index is 0.441. The Labute approximate surface area is 322 Å². The number of fused-ring (bicyclic) bond motifs is 11. The second kappa shape index (κ2) is 12.7. The highest BCUT2D eigenvalue weighted by Crippen LogP contribution is 2.45. The number of nitrogens with zero attached hydrogens (tertiary/aromatic N) is 4. The summed E-state index contributed by atoms with van der Waals surface area (Å²) in [5, 5.41) is 10.2. The molecule has 0 aliphatic carbocycles. The summed E-state index contributed by atoms with van der Waals surface area (Å²) in [5.74, 6) is 0. The van der Waals surface area contributed by atoms with Crippen LogP contribution < -0.4 is 0 Å². The summed E-state index contributed by atoms with van der Waals surface area (Å²) in [6.45, 7) is 8.45. The van der Waals surface area contributed by atoms with Gasteiger partial charge >= 0.3 is 0 Å². The Hall–Kier alpha value is -7.74. The van der Waals surface area contributed by atoms with Crippen molar-refractivity contribution in [2.45, 2.75) is 0 Å². The van der Waals surface area contributed by atoms with E-state index < -0.39 is 0 Å². The Kier molecular flexibility index (Phi) is 7.20. The van der Waals surface area contributed by atoms with E-state index >= 15 is 0 Å². The van der Waals surface area contributed by atoms with Crippen molar-refractivity contribution in [2.24, 2.45) is 0 Å². The first kappa shape index (κ1) is 31.8. The quantitative estimate of drug-likeness (QED) is 0.135. The van der Waals surface area contributed by atoms with Crippen molar-refractivity contribution in [1.29, 1.82) is 0 Å². The average molecular weight is 711 g/mol. The predicted octanol–water partition coefficient (Wildman–Crippen LogP) is 14.0. The zero-order chi connectivity index (χ0) is 37.2. The molecule has 0 fully saturated rings. The molecule has 4 heteroatoms. The largest absolute Gasteiger partial charge is 0.255 e. The van der Waals surface area contributed by atoms with Gasteiger partial charge in [0.15, 0.2) is 0 Å². The highest BCUT2D eigenvalue weighted by atomic mass is 14.9. The highest BCUT2D eigenvalue weighted by molar-refractivity contribution is 6.27. The predicted molar refractivity (Wildman–Crippen MR) is 233 cm³/mol. The van der Waals surface area contributed by atoms with Crippen LogP contribution in [-0.4, -0.2) is 15.0 Å². The van der Waals surface area contributed by atoms with Gasteiger partial charge in [0, 0.05) is 32.8 Å². The van der Waals surface area contributed by atoms with Crippen molar-refractivity contribution in [2.75, 3.05) is 0 Å². The van der Waals surface area contributed by atoms with E-state index in [2.05, 4.69) is 120 Å². The number of para-hydroxylation sites is 1. The van der Waals surface area contributed by atoms with E-state index in [-0.39, 0.29) is 0 Å².